The van der Waals surface area contributed by atoms with Gasteiger partial charge in [0.25, 0.3) is 0 Å². The molecule has 0 saturated carbocycles. The van der Waals surface area contributed by atoms with Gasteiger partial charge in [0.15, 0.2) is 17.3 Å². The third kappa shape index (κ3) is 1.78. The van der Waals surface area contributed by atoms with Crippen molar-refractivity contribution in [3.05, 3.63) is 18.6 Å². The Labute approximate surface area is 106 Å². The molecule has 3 N–H and O–H groups in total. The minimum absolute atomic E-state index is 0.331. The zero-order valence-corrected chi connectivity index (χ0v) is 10.7. The number of hydrazine groups is 1. The van der Waals surface area contributed by atoms with Crippen molar-refractivity contribution in [1.82, 2.24) is 14.4 Å². The van der Waals surface area contributed by atoms with Gasteiger partial charge in [0, 0.05) is 25.5 Å². The number of aromatic nitrogens is 3. The molecule has 0 aliphatic carbocycles. The molecular weight excluding hydrogens is 228 g/mol. The van der Waals surface area contributed by atoms with Gasteiger partial charge in [0.1, 0.15) is 0 Å². The fourth-order valence-electron chi connectivity index (χ4n) is 2.49. The molecule has 0 spiro atoms. The summed E-state index contributed by atoms with van der Waals surface area (Å²) in [6, 6.07) is 0. The highest BCUT2D eigenvalue weighted by atomic mass is 15.3. The second kappa shape index (κ2) is 3.84. The maximum absolute atomic E-state index is 5.47. The lowest BCUT2D eigenvalue weighted by molar-refractivity contribution is 0.418. The fraction of sp³-hybridized carbons (Fsp3) is 0.500. The molecule has 1 aliphatic rings. The minimum Gasteiger partial charge on any atom is -0.353 e. The van der Waals surface area contributed by atoms with Gasteiger partial charge in [0.05, 0.1) is 6.20 Å². The molecule has 0 unspecified atom stereocenters. The molecule has 2 aromatic heterocycles. The van der Waals surface area contributed by atoms with Crippen molar-refractivity contribution in [3.8, 4) is 0 Å². The summed E-state index contributed by atoms with van der Waals surface area (Å²) in [5, 5.41) is 0. The van der Waals surface area contributed by atoms with Gasteiger partial charge >= 0.3 is 0 Å². The Hall–Kier alpha value is -1.82. The number of imidazole rings is 1. The SMILES string of the molecule is CC1(C)CCN(c2nc(NN)cn3ccnc23)C1. The van der Waals surface area contributed by atoms with Gasteiger partial charge in [-0.2, -0.15) is 0 Å². The Balaban J connectivity index is 2.07. The molecule has 0 aromatic carbocycles. The quantitative estimate of drug-likeness (QED) is 0.616. The second-order valence-corrected chi connectivity index (χ2v) is 5.59. The summed E-state index contributed by atoms with van der Waals surface area (Å²) in [6.45, 7) is 6.56. The van der Waals surface area contributed by atoms with Gasteiger partial charge in [-0.1, -0.05) is 13.8 Å². The highest BCUT2D eigenvalue weighted by molar-refractivity contribution is 5.67. The molecule has 3 rings (SSSR count). The highest BCUT2D eigenvalue weighted by Crippen LogP contribution is 2.33. The zero-order valence-electron chi connectivity index (χ0n) is 10.7. The molecule has 1 aliphatic heterocycles. The van der Waals surface area contributed by atoms with Gasteiger partial charge in [0.2, 0.25) is 0 Å². The summed E-state index contributed by atoms with van der Waals surface area (Å²) in [7, 11) is 0. The van der Waals surface area contributed by atoms with Crippen LogP contribution in [0.5, 0.6) is 0 Å². The van der Waals surface area contributed by atoms with Crippen molar-refractivity contribution >= 4 is 17.3 Å². The monoisotopic (exact) mass is 246 g/mol. The van der Waals surface area contributed by atoms with E-state index in [1.165, 1.54) is 6.42 Å². The lowest BCUT2D eigenvalue weighted by atomic mass is 9.93. The van der Waals surface area contributed by atoms with Crippen LogP contribution < -0.4 is 16.2 Å². The first-order valence-electron chi connectivity index (χ1n) is 6.14. The van der Waals surface area contributed by atoms with Crippen LogP contribution in [0.2, 0.25) is 0 Å². The number of hydrogen-bond donors (Lipinski definition) is 2. The Morgan fingerprint density at radius 3 is 2.94 bits per heavy atom. The van der Waals surface area contributed by atoms with E-state index in [4.69, 9.17) is 5.84 Å². The predicted octanol–water partition coefficient (Wildman–Crippen LogP) is 1.25. The molecule has 0 bridgehead atoms. The topological polar surface area (TPSA) is 71.5 Å². The fourth-order valence-corrected chi connectivity index (χ4v) is 2.49. The number of nitrogen functional groups attached to an aromatic ring is 1. The predicted molar refractivity (Wildman–Crippen MR) is 71.4 cm³/mol. The van der Waals surface area contributed by atoms with Crippen molar-refractivity contribution < 1.29 is 0 Å². The Morgan fingerprint density at radius 2 is 2.28 bits per heavy atom. The third-order valence-corrected chi connectivity index (χ3v) is 3.48. The molecular formula is C12H18N6. The van der Waals surface area contributed by atoms with Gasteiger partial charge in [-0.25, -0.2) is 15.8 Å². The summed E-state index contributed by atoms with van der Waals surface area (Å²) >= 11 is 0. The molecule has 1 fully saturated rings. The summed E-state index contributed by atoms with van der Waals surface area (Å²) in [5.74, 6) is 7.02. The average molecular weight is 246 g/mol. The van der Waals surface area contributed by atoms with E-state index in [1.54, 1.807) is 6.20 Å². The summed E-state index contributed by atoms with van der Waals surface area (Å²) in [4.78, 5) is 11.2. The second-order valence-electron chi connectivity index (χ2n) is 5.59. The van der Waals surface area contributed by atoms with Crippen LogP contribution in [0, 0.1) is 5.41 Å². The molecule has 96 valence electrons. The van der Waals surface area contributed by atoms with E-state index in [0.29, 0.717) is 11.2 Å². The first kappa shape index (κ1) is 11.3. The van der Waals surface area contributed by atoms with Gasteiger partial charge in [-0.05, 0) is 11.8 Å². The van der Waals surface area contributed by atoms with E-state index in [0.717, 1.165) is 24.6 Å². The molecule has 1 saturated heterocycles. The standard InChI is InChI=1S/C12H18N6/c1-12(2)3-5-18(8-12)11-10-14-4-6-17(10)7-9(15-11)16-13/h4,6-7,16H,3,5,8,13H2,1-2H3. The highest BCUT2D eigenvalue weighted by Gasteiger charge is 2.31. The number of rotatable bonds is 2. The van der Waals surface area contributed by atoms with E-state index in [1.807, 2.05) is 16.8 Å². The molecule has 2 aromatic rings. The number of hydrogen-bond acceptors (Lipinski definition) is 5. The van der Waals surface area contributed by atoms with Crippen LogP contribution in [0.15, 0.2) is 18.6 Å². The molecule has 3 heterocycles. The van der Waals surface area contributed by atoms with E-state index >= 15 is 0 Å². The zero-order chi connectivity index (χ0) is 12.8. The maximum Gasteiger partial charge on any atom is 0.180 e. The van der Waals surface area contributed by atoms with Crippen molar-refractivity contribution in [2.24, 2.45) is 11.3 Å². The Kier molecular flexibility index (Phi) is 2.41. The van der Waals surface area contributed by atoms with Crippen LogP contribution in [0.4, 0.5) is 11.6 Å². The summed E-state index contributed by atoms with van der Waals surface area (Å²) < 4.78 is 1.95. The smallest absolute Gasteiger partial charge is 0.180 e. The number of nitrogens with two attached hydrogens (primary N) is 1. The Bertz CT molecular complexity index is 573. The van der Waals surface area contributed by atoms with Crippen LogP contribution in [0.1, 0.15) is 20.3 Å². The third-order valence-electron chi connectivity index (χ3n) is 3.48. The lowest BCUT2D eigenvalue weighted by Gasteiger charge is -2.21. The number of fused-ring (bicyclic) bond motifs is 1. The number of nitrogens with one attached hydrogen (secondary N) is 1. The van der Waals surface area contributed by atoms with Crippen LogP contribution in [0.3, 0.4) is 0 Å². The molecule has 6 nitrogen and oxygen atoms in total. The van der Waals surface area contributed by atoms with Crippen molar-refractivity contribution in [2.45, 2.75) is 20.3 Å². The number of nitrogens with zero attached hydrogens (tertiary/aromatic N) is 4. The first-order valence-corrected chi connectivity index (χ1v) is 6.14. The first-order chi connectivity index (χ1) is 8.59. The van der Waals surface area contributed by atoms with Gasteiger partial charge < -0.3 is 14.7 Å². The number of anilines is 2. The van der Waals surface area contributed by atoms with E-state index in [9.17, 15) is 0 Å². The molecule has 0 atom stereocenters. The summed E-state index contributed by atoms with van der Waals surface area (Å²) in [6.07, 6.45) is 6.69. The van der Waals surface area contributed by atoms with E-state index < -0.39 is 0 Å². The lowest BCUT2D eigenvalue weighted by Crippen LogP contribution is -2.25. The summed E-state index contributed by atoms with van der Waals surface area (Å²) in [5.41, 5.74) is 3.82. The van der Waals surface area contributed by atoms with Crippen molar-refractivity contribution in [2.75, 3.05) is 23.4 Å². The van der Waals surface area contributed by atoms with E-state index in [2.05, 4.69) is 34.1 Å². The Morgan fingerprint density at radius 1 is 1.44 bits per heavy atom. The van der Waals surface area contributed by atoms with Crippen molar-refractivity contribution in [3.63, 3.8) is 0 Å². The molecule has 18 heavy (non-hydrogen) atoms. The van der Waals surface area contributed by atoms with Crippen molar-refractivity contribution in [1.29, 1.82) is 0 Å². The molecule has 0 radical (unpaired) electrons. The molecule has 6 heteroatoms. The van der Waals surface area contributed by atoms with Crippen LogP contribution in [0.25, 0.3) is 5.65 Å². The van der Waals surface area contributed by atoms with Crippen LogP contribution in [-0.2, 0) is 0 Å². The van der Waals surface area contributed by atoms with Gasteiger partial charge in [-0.3, -0.25) is 0 Å². The average Bonchev–Trinajstić information content (AvgIpc) is 2.93. The van der Waals surface area contributed by atoms with Gasteiger partial charge in [-0.15, -0.1) is 0 Å². The maximum atomic E-state index is 5.47. The van der Waals surface area contributed by atoms with Crippen LogP contribution >= 0.6 is 0 Å². The minimum atomic E-state index is 0.331. The van der Waals surface area contributed by atoms with Crippen LogP contribution in [-0.4, -0.2) is 27.5 Å². The molecule has 0 amide bonds. The van der Waals surface area contributed by atoms with E-state index in [-0.39, 0.29) is 0 Å². The largest absolute Gasteiger partial charge is 0.353 e. The normalized spacial score (nSPS) is 18.5.